The molecule has 0 aliphatic heterocycles. The first-order valence-corrected chi connectivity index (χ1v) is 7.18. The molecule has 1 aliphatic rings. The van der Waals surface area contributed by atoms with E-state index in [0.717, 1.165) is 32.1 Å². The number of nitrogens with one attached hydrogen (secondary N) is 1. The van der Waals surface area contributed by atoms with E-state index in [1.807, 2.05) is 0 Å². The van der Waals surface area contributed by atoms with Gasteiger partial charge in [-0.05, 0) is 38.5 Å². The monoisotopic (exact) mass is 254 g/mol. The zero-order valence-corrected chi connectivity index (χ0v) is 12.7. The smallest absolute Gasteiger partial charge is 0.225 e. The molecule has 0 bridgehead atoms. The minimum Gasteiger partial charge on any atom is -0.351 e. The van der Waals surface area contributed by atoms with E-state index in [1.54, 1.807) is 0 Å². The first-order chi connectivity index (χ1) is 8.11. The molecular formula is C15H30N2O. The fourth-order valence-corrected chi connectivity index (χ4v) is 3.28. The van der Waals surface area contributed by atoms with Gasteiger partial charge in [0.2, 0.25) is 5.91 Å². The van der Waals surface area contributed by atoms with Gasteiger partial charge in [-0.15, -0.1) is 0 Å². The van der Waals surface area contributed by atoms with Crippen LogP contribution in [0.3, 0.4) is 0 Å². The Labute approximate surface area is 112 Å². The average molecular weight is 254 g/mol. The van der Waals surface area contributed by atoms with E-state index in [2.05, 4.69) is 39.9 Å². The summed E-state index contributed by atoms with van der Waals surface area (Å²) in [5, 5.41) is 3.19. The van der Waals surface area contributed by atoms with Crippen LogP contribution < -0.4 is 11.1 Å². The van der Waals surface area contributed by atoms with Crippen molar-refractivity contribution in [3.05, 3.63) is 0 Å². The molecule has 0 saturated heterocycles. The van der Waals surface area contributed by atoms with E-state index in [-0.39, 0.29) is 28.8 Å². The van der Waals surface area contributed by atoms with Gasteiger partial charge in [-0.1, -0.05) is 33.6 Å². The minimum atomic E-state index is -0.160. The van der Waals surface area contributed by atoms with Crippen molar-refractivity contribution in [2.24, 2.45) is 17.1 Å². The molecule has 3 N–H and O–H groups in total. The Hall–Kier alpha value is -0.570. The van der Waals surface area contributed by atoms with Crippen LogP contribution >= 0.6 is 0 Å². The summed E-state index contributed by atoms with van der Waals surface area (Å²) in [6.45, 7) is 10.8. The third kappa shape index (κ3) is 4.97. The second-order valence-electron chi connectivity index (χ2n) is 7.67. The molecule has 0 heterocycles. The molecule has 0 aromatic heterocycles. The van der Waals surface area contributed by atoms with Crippen LogP contribution in [-0.2, 0) is 4.79 Å². The summed E-state index contributed by atoms with van der Waals surface area (Å²) in [4.78, 5) is 12.3. The molecule has 0 spiro atoms. The Bertz CT molecular complexity index is 291. The van der Waals surface area contributed by atoms with Gasteiger partial charge in [0.1, 0.15) is 0 Å². The van der Waals surface area contributed by atoms with Crippen molar-refractivity contribution in [3.8, 4) is 0 Å². The molecule has 2 unspecified atom stereocenters. The Balaban J connectivity index is 2.57. The van der Waals surface area contributed by atoms with E-state index in [0.29, 0.717) is 0 Å². The molecule has 106 valence electrons. The molecule has 0 aromatic rings. The van der Waals surface area contributed by atoms with Crippen LogP contribution in [0.25, 0.3) is 0 Å². The van der Waals surface area contributed by atoms with Crippen LogP contribution in [0.2, 0.25) is 0 Å². The van der Waals surface area contributed by atoms with Crippen molar-refractivity contribution in [1.29, 1.82) is 0 Å². The molecule has 1 aliphatic carbocycles. The average Bonchev–Trinajstić information content (AvgIpc) is 2.12. The topological polar surface area (TPSA) is 55.1 Å². The second kappa shape index (κ2) is 5.60. The number of hydrogen-bond donors (Lipinski definition) is 2. The summed E-state index contributed by atoms with van der Waals surface area (Å²) >= 11 is 0. The molecule has 1 saturated carbocycles. The minimum absolute atomic E-state index is 0.0120. The zero-order valence-electron chi connectivity index (χ0n) is 12.7. The summed E-state index contributed by atoms with van der Waals surface area (Å²) in [6, 6.07) is 0.0455. The lowest BCUT2D eigenvalue weighted by Gasteiger charge is -2.36. The van der Waals surface area contributed by atoms with Gasteiger partial charge in [0.15, 0.2) is 0 Å². The Morgan fingerprint density at radius 2 is 1.72 bits per heavy atom. The number of amides is 1. The van der Waals surface area contributed by atoms with Crippen LogP contribution in [0, 0.1) is 11.3 Å². The molecule has 1 amide bonds. The Kier molecular flexibility index (Phi) is 4.82. The standard InChI is InChI=1S/C15H30N2O/c1-14(2,3)10-15(4,5)17-13(18)11-8-6-7-9-12(11)16/h11-12H,6-10,16H2,1-5H3,(H,17,18). The number of hydrogen-bond acceptors (Lipinski definition) is 2. The summed E-state index contributed by atoms with van der Waals surface area (Å²) in [7, 11) is 0. The normalized spacial score (nSPS) is 25.9. The molecule has 0 radical (unpaired) electrons. The van der Waals surface area contributed by atoms with E-state index < -0.39 is 0 Å². The summed E-state index contributed by atoms with van der Waals surface area (Å²) in [6.07, 6.45) is 5.19. The highest BCUT2D eigenvalue weighted by molar-refractivity contribution is 5.80. The van der Waals surface area contributed by atoms with Crippen molar-refractivity contribution < 1.29 is 4.79 Å². The molecule has 18 heavy (non-hydrogen) atoms. The van der Waals surface area contributed by atoms with Crippen LogP contribution in [0.4, 0.5) is 0 Å². The van der Waals surface area contributed by atoms with Crippen molar-refractivity contribution in [2.75, 3.05) is 0 Å². The van der Waals surface area contributed by atoms with Gasteiger partial charge in [-0.3, -0.25) is 4.79 Å². The highest BCUT2D eigenvalue weighted by Gasteiger charge is 2.33. The first-order valence-electron chi connectivity index (χ1n) is 7.18. The Morgan fingerprint density at radius 3 is 2.22 bits per heavy atom. The SMILES string of the molecule is CC(C)(C)CC(C)(C)NC(=O)C1CCCCC1N. The maximum atomic E-state index is 12.3. The molecule has 0 aromatic carbocycles. The number of nitrogens with two attached hydrogens (primary N) is 1. The molecular weight excluding hydrogens is 224 g/mol. The van der Waals surface area contributed by atoms with Crippen LogP contribution in [0.5, 0.6) is 0 Å². The molecule has 3 nitrogen and oxygen atoms in total. The number of carbonyl (C=O) groups is 1. The lowest BCUT2D eigenvalue weighted by Crippen LogP contribution is -2.52. The fourth-order valence-electron chi connectivity index (χ4n) is 3.28. The second-order valence-corrected chi connectivity index (χ2v) is 7.67. The quantitative estimate of drug-likeness (QED) is 0.813. The largest absolute Gasteiger partial charge is 0.351 e. The lowest BCUT2D eigenvalue weighted by molar-refractivity contribution is -0.128. The molecule has 1 rings (SSSR count). The van der Waals surface area contributed by atoms with Crippen molar-refractivity contribution in [2.45, 2.75) is 78.3 Å². The fraction of sp³-hybridized carbons (Fsp3) is 0.933. The predicted octanol–water partition coefficient (Wildman–Crippen LogP) is 2.83. The third-order valence-electron chi connectivity index (χ3n) is 3.59. The van der Waals surface area contributed by atoms with Gasteiger partial charge >= 0.3 is 0 Å². The molecule has 3 heteroatoms. The van der Waals surface area contributed by atoms with E-state index in [1.165, 1.54) is 0 Å². The summed E-state index contributed by atoms with van der Waals surface area (Å²) in [5.41, 5.74) is 6.12. The van der Waals surface area contributed by atoms with Crippen LogP contribution in [0.1, 0.15) is 66.7 Å². The van der Waals surface area contributed by atoms with Gasteiger partial charge in [0.05, 0.1) is 5.92 Å². The predicted molar refractivity (Wildman–Crippen MR) is 76.2 cm³/mol. The van der Waals surface area contributed by atoms with E-state index >= 15 is 0 Å². The Morgan fingerprint density at radius 1 is 1.17 bits per heavy atom. The molecule has 1 fully saturated rings. The third-order valence-corrected chi connectivity index (χ3v) is 3.59. The van der Waals surface area contributed by atoms with Crippen molar-refractivity contribution in [3.63, 3.8) is 0 Å². The number of carbonyl (C=O) groups excluding carboxylic acids is 1. The maximum absolute atomic E-state index is 12.3. The van der Waals surface area contributed by atoms with Gasteiger partial charge in [-0.2, -0.15) is 0 Å². The zero-order chi connectivity index (χ0) is 14.0. The lowest BCUT2D eigenvalue weighted by atomic mass is 9.80. The first kappa shape index (κ1) is 15.5. The van der Waals surface area contributed by atoms with Crippen LogP contribution in [-0.4, -0.2) is 17.5 Å². The number of rotatable bonds is 3. The molecule has 2 atom stereocenters. The van der Waals surface area contributed by atoms with Gasteiger partial charge in [0.25, 0.3) is 0 Å². The van der Waals surface area contributed by atoms with Gasteiger partial charge in [0, 0.05) is 11.6 Å². The van der Waals surface area contributed by atoms with Gasteiger partial charge < -0.3 is 11.1 Å². The van der Waals surface area contributed by atoms with E-state index in [4.69, 9.17) is 5.73 Å². The maximum Gasteiger partial charge on any atom is 0.225 e. The van der Waals surface area contributed by atoms with E-state index in [9.17, 15) is 4.79 Å². The van der Waals surface area contributed by atoms with Crippen molar-refractivity contribution >= 4 is 5.91 Å². The van der Waals surface area contributed by atoms with Crippen molar-refractivity contribution in [1.82, 2.24) is 5.32 Å². The highest BCUT2D eigenvalue weighted by atomic mass is 16.2. The highest BCUT2D eigenvalue weighted by Crippen LogP contribution is 2.28. The summed E-state index contributed by atoms with van der Waals surface area (Å²) in [5.74, 6) is 0.162. The summed E-state index contributed by atoms with van der Waals surface area (Å²) < 4.78 is 0. The van der Waals surface area contributed by atoms with Gasteiger partial charge in [-0.25, -0.2) is 0 Å². The van der Waals surface area contributed by atoms with Crippen LogP contribution in [0.15, 0.2) is 0 Å².